The van der Waals surface area contributed by atoms with E-state index < -0.39 is 6.10 Å². The van der Waals surface area contributed by atoms with Crippen LogP contribution in [0.25, 0.3) is 5.69 Å². The Morgan fingerprint density at radius 3 is 2.58 bits per heavy atom. The molecule has 0 saturated heterocycles. The molecule has 0 amide bonds. The van der Waals surface area contributed by atoms with E-state index in [0.717, 1.165) is 35.5 Å². The first-order valence-corrected chi connectivity index (χ1v) is 11.5. The summed E-state index contributed by atoms with van der Waals surface area (Å²) in [6, 6.07) is 18.0. The predicted octanol–water partition coefficient (Wildman–Crippen LogP) is 4.34. The average molecular weight is 452 g/mol. The van der Waals surface area contributed by atoms with Crippen LogP contribution in [0.5, 0.6) is 17.4 Å². The second-order valence-electron chi connectivity index (χ2n) is 8.37. The molecule has 1 N–H and O–H groups in total. The summed E-state index contributed by atoms with van der Waals surface area (Å²) in [5.74, 6) is 2.09. The summed E-state index contributed by atoms with van der Waals surface area (Å²) in [5.41, 5.74) is 2.85. The molecule has 1 heterocycles. The molecule has 3 aromatic rings. The van der Waals surface area contributed by atoms with Gasteiger partial charge in [-0.2, -0.15) is 5.10 Å². The van der Waals surface area contributed by atoms with Gasteiger partial charge in [-0.1, -0.05) is 24.3 Å². The van der Waals surface area contributed by atoms with Gasteiger partial charge in [0, 0.05) is 31.8 Å². The molecule has 33 heavy (non-hydrogen) atoms. The highest BCUT2D eigenvalue weighted by atomic mass is 16.5. The number of hydrogen-bond donors (Lipinski definition) is 1. The molecule has 1 aliphatic rings. The van der Waals surface area contributed by atoms with Crippen LogP contribution in [0, 0.1) is 6.92 Å². The molecule has 1 atom stereocenters. The molecular weight excluding hydrogens is 418 g/mol. The molecule has 1 fully saturated rings. The van der Waals surface area contributed by atoms with Crippen LogP contribution >= 0.6 is 0 Å². The number of aromatic nitrogens is 2. The van der Waals surface area contributed by atoms with Crippen molar-refractivity contribution in [3.05, 3.63) is 65.9 Å². The van der Waals surface area contributed by atoms with Gasteiger partial charge in [0.05, 0.1) is 36.8 Å². The predicted molar refractivity (Wildman–Crippen MR) is 127 cm³/mol. The van der Waals surface area contributed by atoms with Crippen LogP contribution in [0.4, 0.5) is 0 Å². The Morgan fingerprint density at radius 2 is 1.88 bits per heavy atom. The van der Waals surface area contributed by atoms with Gasteiger partial charge in [0.15, 0.2) is 0 Å². The largest absolute Gasteiger partial charge is 0.497 e. The summed E-state index contributed by atoms with van der Waals surface area (Å²) in [6.07, 6.45) is 1.75. The lowest BCUT2D eigenvalue weighted by molar-refractivity contribution is 0.0177. The molecule has 0 bridgehead atoms. The minimum absolute atomic E-state index is 0.342. The standard InChI is InChI=1S/C26H33N3O4/c1-4-32-18-22(30)16-28(20-13-14-20)17-25-19(2)27-29(21-9-6-5-7-10-21)26(25)33-24-12-8-11-23(15-24)31-3/h5-12,15,20,22,30H,4,13-14,16-18H2,1-3H3/t22-/m1/s1. The van der Waals surface area contributed by atoms with E-state index in [0.29, 0.717) is 44.0 Å². The molecule has 1 saturated carbocycles. The maximum Gasteiger partial charge on any atom is 0.227 e. The molecule has 1 aliphatic carbocycles. The van der Waals surface area contributed by atoms with E-state index in [2.05, 4.69) is 4.90 Å². The van der Waals surface area contributed by atoms with Crippen molar-refractivity contribution in [1.82, 2.24) is 14.7 Å². The van der Waals surface area contributed by atoms with Crippen molar-refractivity contribution in [2.75, 3.05) is 26.9 Å². The summed E-state index contributed by atoms with van der Waals surface area (Å²) in [7, 11) is 1.64. The maximum absolute atomic E-state index is 10.5. The van der Waals surface area contributed by atoms with E-state index in [4.69, 9.17) is 19.3 Å². The molecule has 176 valence electrons. The van der Waals surface area contributed by atoms with Gasteiger partial charge in [0.2, 0.25) is 5.88 Å². The monoisotopic (exact) mass is 451 g/mol. The number of aliphatic hydroxyl groups is 1. The third-order valence-electron chi connectivity index (χ3n) is 5.78. The molecule has 0 unspecified atom stereocenters. The molecule has 0 radical (unpaired) electrons. The first-order valence-electron chi connectivity index (χ1n) is 11.5. The minimum Gasteiger partial charge on any atom is -0.497 e. The van der Waals surface area contributed by atoms with E-state index in [-0.39, 0.29) is 0 Å². The number of methoxy groups -OCH3 is 1. The van der Waals surface area contributed by atoms with Crippen molar-refractivity contribution < 1.29 is 19.3 Å². The number of rotatable bonds is 12. The lowest BCUT2D eigenvalue weighted by Crippen LogP contribution is -2.36. The number of aryl methyl sites for hydroxylation is 1. The zero-order valence-electron chi connectivity index (χ0n) is 19.6. The third kappa shape index (κ3) is 5.93. The van der Waals surface area contributed by atoms with Gasteiger partial charge in [0.1, 0.15) is 11.5 Å². The van der Waals surface area contributed by atoms with E-state index in [1.165, 1.54) is 0 Å². The highest BCUT2D eigenvalue weighted by Gasteiger charge is 2.32. The number of ether oxygens (including phenoxy) is 3. The van der Waals surface area contributed by atoms with Crippen molar-refractivity contribution in [1.29, 1.82) is 0 Å². The van der Waals surface area contributed by atoms with Gasteiger partial charge in [-0.25, -0.2) is 4.68 Å². The Labute approximate surface area is 195 Å². The van der Waals surface area contributed by atoms with Crippen LogP contribution in [0.15, 0.2) is 54.6 Å². The summed E-state index contributed by atoms with van der Waals surface area (Å²) < 4.78 is 19.1. The number of aliphatic hydroxyl groups excluding tert-OH is 1. The van der Waals surface area contributed by atoms with Gasteiger partial charge >= 0.3 is 0 Å². The summed E-state index contributed by atoms with van der Waals surface area (Å²) in [4.78, 5) is 2.32. The average Bonchev–Trinajstić information content (AvgIpc) is 3.64. The first kappa shape index (κ1) is 23.3. The van der Waals surface area contributed by atoms with Crippen molar-refractivity contribution >= 4 is 0 Å². The van der Waals surface area contributed by atoms with E-state index >= 15 is 0 Å². The number of nitrogens with zero attached hydrogens (tertiary/aromatic N) is 3. The summed E-state index contributed by atoms with van der Waals surface area (Å²) in [5, 5.41) is 15.3. The lowest BCUT2D eigenvalue weighted by Gasteiger charge is -2.25. The zero-order valence-corrected chi connectivity index (χ0v) is 19.6. The third-order valence-corrected chi connectivity index (χ3v) is 5.78. The van der Waals surface area contributed by atoms with Crippen molar-refractivity contribution in [2.24, 2.45) is 0 Å². The Bertz CT molecular complexity index is 1030. The summed E-state index contributed by atoms with van der Waals surface area (Å²) >= 11 is 0. The highest BCUT2D eigenvalue weighted by molar-refractivity contribution is 5.44. The fourth-order valence-electron chi connectivity index (χ4n) is 3.91. The molecule has 1 aromatic heterocycles. The smallest absolute Gasteiger partial charge is 0.227 e. The molecule has 7 nitrogen and oxygen atoms in total. The SMILES string of the molecule is CCOC[C@H](O)CN(Cc1c(C)nn(-c2ccccc2)c1Oc1cccc(OC)c1)C1CC1. The first-order chi connectivity index (χ1) is 16.1. The van der Waals surface area contributed by atoms with Crippen LogP contribution in [-0.2, 0) is 11.3 Å². The van der Waals surface area contributed by atoms with Gasteiger partial charge in [0.25, 0.3) is 0 Å². The second-order valence-corrected chi connectivity index (χ2v) is 8.37. The zero-order chi connectivity index (χ0) is 23.2. The van der Waals surface area contributed by atoms with E-state index in [9.17, 15) is 5.11 Å². The van der Waals surface area contributed by atoms with Crippen molar-refractivity contribution in [3.63, 3.8) is 0 Å². The quantitative estimate of drug-likeness (QED) is 0.442. The molecule has 7 heteroatoms. The van der Waals surface area contributed by atoms with Crippen LogP contribution < -0.4 is 9.47 Å². The number of para-hydroxylation sites is 1. The molecule has 4 rings (SSSR count). The maximum atomic E-state index is 10.5. The normalized spacial score (nSPS) is 14.5. The van der Waals surface area contributed by atoms with Gasteiger partial charge < -0.3 is 19.3 Å². The van der Waals surface area contributed by atoms with Crippen LogP contribution in [-0.4, -0.2) is 58.8 Å². The lowest BCUT2D eigenvalue weighted by atomic mass is 10.2. The topological polar surface area (TPSA) is 69.0 Å². The molecule has 0 spiro atoms. The van der Waals surface area contributed by atoms with Crippen molar-refractivity contribution in [2.45, 2.75) is 45.4 Å². The Hall–Kier alpha value is -2.87. The minimum atomic E-state index is -0.530. The van der Waals surface area contributed by atoms with Crippen LogP contribution in [0.1, 0.15) is 31.0 Å². The number of hydrogen-bond acceptors (Lipinski definition) is 6. The van der Waals surface area contributed by atoms with Crippen LogP contribution in [0.2, 0.25) is 0 Å². The molecule has 0 aliphatic heterocycles. The molecular formula is C26H33N3O4. The fourth-order valence-corrected chi connectivity index (χ4v) is 3.91. The highest BCUT2D eigenvalue weighted by Crippen LogP contribution is 2.35. The second kappa shape index (κ2) is 10.8. The molecule has 2 aromatic carbocycles. The van der Waals surface area contributed by atoms with E-state index in [1.54, 1.807) is 7.11 Å². The Balaban J connectivity index is 1.66. The summed E-state index contributed by atoms with van der Waals surface area (Å²) in [6.45, 7) is 6.09. The van der Waals surface area contributed by atoms with Crippen molar-refractivity contribution in [3.8, 4) is 23.1 Å². The van der Waals surface area contributed by atoms with E-state index in [1.807, 2.05) is 73.1 Å². The number of benzene rings is 2. The van der Waals surface area contributed by atoms with Gasteiger partial charge in [-0.15, -0.1) is 0 Å². The Morgan fingerprint density at radius 1 is 1.12 bits per heavy atom. The van der Waals surface area contributed by atoms with Crippen LogP contribution in [0.3, 0.4) is 0 Å². The Kier molecular flexibility index (Phi) is 7.65. The fraction of sp³-hybridized carbons (Fsp3) is 0.423. The van der Waals surface area contributed by atoms with Gasteiger partial charge in [-0.3, -0.25) is 4.90 Å². The van der Waals surface area contributed by atoms with Gasteiger partial charge in [-0.05, 0) is 51.0 Å².